The van der Waals surface area contributed by atoms with Crippen molar-refractivity contribution in [2.75, 3.05) is 5.32 Å². The number of hydrogen-bond donors (Lipinski definition) is 1. The molecule has 3 heterocycles. The normalized spacial score (nSPS) is 11.0. The molecule has 3 aromatic heterocycles. The molecule has 0 unspecified atom stereocenters. The number of nitrogens with zero attached hydrogens (tertiary/aromatic N) is 3. The van der Waals surface area contributed by atoms with Gasteiger partial charge in [0, 0.05) is 29.4 Å². The van der Waals surface area contributed by atoms with E-state index in [9.17, 15) is 4.79 Å². The maximum atomic E-state index is 11.9. The van der Waals surface area contributed by atoms with Crippen LogP contribution in [0.2, 0.25) is 0 Å². The van der Waals surface area contributed by atoms with Crippen LogP contribution in [0.25, 0.3) is 6.08 Å². The Kier molecular flexibility index (Phi) is 4.99. The molecule has 0 atom stereocenters. The smallest absolute Gasteiger partial charge is 0.249 e. The van der Waals surface area contributed by atoms with Gasteiger partial charge in [0.1, 0.15) is 0 Å². The molecule has 1 N–H and O–H groups in total. The first-order valence-corrected chi connectivity index (χ1v) is 8.48. The standard InChI is InChI=1S/C16H13BrN4OS/c17-14-6-4-13(23-14)5-7-16(22)19-15-8-10-21(20-15)11-12-3-1-2-9-18-12/h1-10H,11H2,(H,19,20,22)/b7-5+. The minimum atomic E-state index is -0.211. The highest BCUT2D eigenvalue weighted by Gasteiger charge is 2.03. The fourth-order valence-electron chi connectivity index (χ4n) is 1.92. The molecule has 23 heavy (non-hydrogen) atoms. The largest absolute Gasteiger partial charge is 0.306 e. The third kappa shape index (κ3) is 4.61. The number of amides is 1. The first-order chi connectivity index (χ1) is 11.2. The third-order valence-electron chi connectivity index (χ3n) is 2.94. The number of anilines is 1. The Bertz CT molecular complexity index is 825. The molecule has 3 rings (SSSR count). The zero-order valence-electron chi connectivity index (χ0n) is 12.0. The van der Waals surface area contributed by atoms with Crippen LogP contribution in [-0.2, 0) is 11.3 Å². The number of pyridine rings is 1. The second kappa shape index (κ2) is 7.34. The predicted molar refractivity (Wildman–Crippen MR) is 95.2 cm³/mol. The molecule has 3 aromatic rings. The van der Waals surface area contributed by atoms with Crippen molar-refractivity contribution in [3.05, 3.63) is 69.2 Å². The summed E-state index contributed by atoms with van der Waals surface area (Å²) in [5.74, 6) is 0.306. The molecule has 116 valence electrons. The van der Waals surface area contributed by atoms with Crippen molar-refractivity contribution in [2.24, 2.45) is 0 Å². The number of carbonyl (C=O) groups is 1. The Morgan fingerprint density at radius 2 is 2.22 bits per heavy atom. The Morgan fingerprint density at radius 1 is 1.30 bits per heavy atom. The van der Waals surface area contributed by atoms with E-state index < -0.39 is 0 Å². The predicted octanol–water partition coefficient (Wildman–Crippen LogP) is 3.80. The summed E-state index contributed by atoms with van der Waals surface area (Å²) in [6.45, 7) is 0.565. The lowest BCUT2D eigenvalue weighted by Crippen LogP contribution is -2.09. The van der Waals surface area contributed by atoms with Crippen LogP contribution >= 0.6 is 27.3 Å². The minimum Gasteiger partial charge on any atom is -0.306 e. The van der Waals surface area contributed by atoms with E-state index in [0.717, 1.165) is 14.4 Å². The van der Waals surface area contributed by atoms with Gasteiger partial charge in [-0.15, -0.1) is 11.3 Å². The molecule has 0 saturated heterocycles. The molecule has 0 bridgehead atoms. The number of aromatic nitrogens is 3. The van der Waals surface area contributed by atoms with E-state index in [4.69, 9.17) is 0 Å². The Labute approximate surface area is 145 Å². The fourth-order valence-corrected chi connectivity index (χ4v) is 3.24. The van der Waals surface area contributed by atoms with E-state index in [1.807, 2.05) is 36.5 Å². The molecule has 1 amide bonds. The molecule has 0 aliphatic rings. The van der Waals surface area contributed by atoms with Gasteiger partial charge in [-0.3, -0.25) is 14.5 Å². The molecule has 0 fully saturated rings. The summed E-state index contributed by atoms with van der Waals surface area (Å²) in [4.78, 5) is 17.1. The summed E-state index contributed by atoms with van der Waals surface area (Å²) in [5.41, 5.74) is 0.914. The Hall–Kier alpha value is -2.25. The average Bonchev–Trinajstić information content (AvgIpc) is 3.15. The summed E-state index contributed by atoms with van der Waals surface area (Å²) in [6.07, 6.45) is 6.82. The highest BCUT2D eigenvalue weighted by molar-refractivity contribution is 9.11. The number of hydrogen-bond acceptors (Lipinski definition) is 4. The monoisotopic (exact) mass is 388 g/mol. The third-order valence-corrected chi connectivity index (χ3v) is 4.52. The quantitative estimate of drug-likeness (QED) is 0.676. The highest BCUT2D eigenvalue weighted by atomic mass is 79.9. The first-order valence-electron chi connectivity index (χ1n) is 6.87. The molecular weight excluding hydrogens is 376 g/mol. The van der Waals surface area contributed by atoms with Gasteiger partial charge in [0.05, 0.1) is 16.0 Å². The maximum Gasteiger partial charge on any atom is 0.249 e. The van der Waals surface area contributed by atoms with E-state index >= 15 is 0 Å². The number of halogens is 1. The van der Waals surface area contributed by atoms with Gasteiger partial charge in [-0.1, -0.05) is 6.07 Å². The van der Waals surface area contributed by atoms with Gasteiger partial charge in [0.15, 0.2) is 5.82 Å². The molecule has 0 aromatic carbocycles. The van der Waals surface area contributed by atoms with Crippen molar-refractivity contribution >= 4 is 45.1 Å². The molecule has 0 radical (unpaired) electrons. The summed E-state index contributed by atoms with van der Waals surface area (Å²) < 4.78 is 2.77. The SMILES string of the molecule is O=C(/C=C/c1ccc(Br)s1)Nc1ccn(Cc2ccccn2)n1. The lowest BCUT2D eigenvalue weighted by atomic mass is 10.3. The van der Waals surface area contributed by atoms with Crippen LogP contribution in [0.4, 0.5) is 5.82 Å². The van der Waals surface area contributed by atoms with Gasteiger partial charge in [-0.25, -0.2) is 0 Å². The van der Waals surface area contributed by atoms with Crippen molar-refractivity contribution in [2.45, 2.75) is 6.54 Å². The van der Waals surface area contributed by atoms with Gasteiger partial charge in [-0.05, 0) is 46.3 Å². The van der Waals surface area contributed by atoms with Crippen LogP contribution in [0, 0.1) is 0 Å². The zero-order chi connectivity index (χ0) is 16.1. The van der Waals surface area contributed by atoms with Gasteiger partial charge >= 0.3 is 0 Å². The van der Waals surface area contributed by atoms with Gasteiger partial charge in [0.25, 0.3) is 0 Å². The minimum absolute atomic E-state index is 0.211. The molecule has 0 saturated carbocycles. The lowest BCUT2D eigenvalue weighted by molar-refractivity contribution is -0.111. The Balaban J connectivity index is 1.58. The van der Waals surface area contributed by atoms with Crippen molar-refractivity contribution in [3.8, 4) is 0 Å². The summed E-state index contributed by atoms with van der Waals surface area (Å²) in [6, 6.07) is 11.4. The molecule has 0 aliphatic heterocycles. The fraction of sp³-hybridized carbons (Fsp3) is 0.0625. The molecule has 0 spiro atoms. The van der Waals surface area contributed by atoms with E-state index in [1.165, 1.54) is 6.08 Å². The zero-order valence-corrected chi connectivity index (χ0v) is 14.4. The molecule has 5 nitrogen and oxygen atoms in total. The van der Waals surface area contributed by atoms with Crippen molar-refractivity contribution in [1.82, 2.24) is 14.8 Å². The van der Waals surface area contributed by atoms with Crippen LogP contribution in [0.1, 0.15) is 10.6 Å². The average molecular weight is 389 g/mol. The van der Waals surface area contributed by atoms with Crippen LogP contribution in [0.15, 0.2) is 58.7 Å². The van der Waals surface area contributed by atoms with Crippen LogP contribution < -0.4 is 5.32 Å². The van der Waals surface area contributed by atoms with Crippen molar-refractivity contribution in [3.63, 3.8) is 0 Å². The van der Waals surface area contributed by atoms with E-state index in [1.54, 1.807) is 34.4 Å². The van der Waals surface area contributed by atoms with E-state index in [0.29, 0.717) is 12.4 Å². The molecule has 7 heteroatoms. The van der Waals surface area contributed by atoms with E-state index in [-0.39, 0.29) is 5.91 Å². The number of thiophene rings is 1. The Morgan fingerprint density at radius 3 is 2.96 bits per heavy atom. The van der Waals surface area contributed by atoms with Crippen molar-refractivity contribution < 1.29 is 4.79 Å². The summed E-state index contributed by atoms with van der Waals surface area (Å²) in [7, 11) is 0. The first kappa shape index (κ1) is 15.6. The van der Waals surface area contributed by atoms with Crippen LogP contribution in [0.5, 0.6) is 0 Å². The summed E-state index contributed by atoms with van der Waals surface area (Å²) >= 11 is 4.95. The van der Waals surface area contributed by atoms with Crippen molar-refractivity contribution in [1.29, 1.82) is 0 Å². The van der Waals surface area contributed by atoms with E-state index in [2.05, 4.69) is 31.3 Å². The highest BCUT2D eigenvalue weighted by Crippen LogP contribution is 2.22. The number of carbonyl (C=O) groups excluding carboxylic acids is 1. The molecule has 0 aliphatic carbocycles. The maximum absolute atomic E-state index is 11.9. The van der Waals surface area contributed by atoms with Gasteiger partial charge < -0.3 is 5.32 Å². The number of rotatable bonds is 5. The lowest BCUT2D eigenvalue weighted by Gasteiger charge is -2.00. The van der Waals surface area contributed by atoms with Crippen LogP contribution in [0.3, 0.4) is 0 Å². The second-order valence-electron chi connectivity index (χ2n) is 4.68. The molecular formula is C16H13BrN4OS. The topological polar surface area (TPSA) is 59.8 Å². The second-order valence-corrected chi connectivity index (χ2v) is 7.18. The van der Waals surface area contributed by atoms with Crippen LogP contribution in [-0.4, -0.2) is 20.7 Å². The van der Waals surface area contributed by atoms with Gasteiger partial charge in [0.2, 0.25) is 5.91 Å². The van der Waals surface area contributed by atoms with Gasteiger partial charge in [-0.2, -0.15) is 5.10 Å². The number of nitrogens with one attached hydrogen (secondary N) is 1. The summed E-state index contributed by atoms with van der Waals surface area (Å²) in [5, 5.41) is 7.05.